The highest BCUT2D eigenvalue weighted by atomic mass is 19.1. The number of rotatable bonds is 5. The van der Waals surface area contributed by atoms with Gasteiger partial charge in [-0.15, -0.1) is 0 Å². The van der Waals surface area contributed by atoms with Crippen LogP contribution >= 0.6 is 0 Å². The number of aryl methyl sites for hydroxylation is 1. The standard InChI is InChI=1S/C18H22FNO/c1-12(2)17-6-5-13(3)7-18(17)21-16-9-14(11-20-4)8-15(19)10-16/h5-10,12,20H,11H2,1-4H3. The van der Waals surface area contributed by atoms with Gasteiger partial charge in [-0.1, -0.05) is 26.0 Å². The van der Waals surface area contributed by atoms with Crippen LogP contribution in [0.2, 0.25) is 0 Å². The Kier molecular flexibility index (Phi) is 4.97. The van der Waals surface area contributed by atoms with Crippen LogP contribution in [0.15, 0.2) is 36.4 Å². The molecule has 0 aliphatic heterocycles. The van der Waals surface area contributed by atoms with Crippen molar-refractivity contribution in [1.82, 2.24) is 5.32 Å². The molecule has 3 heteroatoms. The molecule has 2 aromatic carbocycles. The Morgan fingerprint density at radius 1 is 1.14 bits per heavy atom. The summed E-state index contributed by atoms with van der Waals surface area (Å²) in [5, 5.41) is 3.02. The molecule has 112 valence electrons. The number of nitrogens with one attached hydrogen (secondary N) is 1. The normalized spacial score (nSPS) is 11.0. The summed E-state index contributed by atoms with van der Waals surface area (Å²) in [6.07, 6.45) is 0. The van der Waals surface area contributed by atoms with Gasteiger partial charge in [-0.2, -0.15) is 0 Å². The maximum Gasteiger partial charge on any atom is 0.131 e. The summed E-state index contributed by atoms with van der Waals surface area (Å²) in [4.78, 5) is 0. The van der Waals surface area contributed by atoms with E-state index in [1.165, 1.54) is 12.1 Å². The average molecular weight is 287 g/mol. The molecule has 0 aliphatic rings. The molecular weight excluding hydrogens is 265 g/mol. The zero-order chi connectivity index (χ0) is 15.4. The second kappa shape index (κ2) is 6.72. The van der Waals surface area contributed by atoms with Crippen LogP contribution in [0.5, 0.6) is 11.5 Å². The van der Waals surface area contributed by atoms with E-state index in [1.807, 2.05) is 26.1 Å². The van der Waals surface area contributed by atoms with Gasteiger partial charge in [0.05, 0.1) is 0 Å². The number of ether oxygens (including phenoxy) is 1. The smallest absolute Gasteiger partial charge is 0.131 e. The Labute approximate surface area is 126 Å². The highest BCUT2D eigenvalue weighted by molar-refractivity contribution is 5.43. The second-order valence-electron chi connectivity index (χ2n) is 5.62. The van der Waals surface area contributed by atoms with Crippen LogP contribution < -0.4 is 10.1 Å². The van der Waals surface area contributed by atoms with Crippen LogP contribution in [0.3, 0.4) is 0 Å². The van der Waals surface area contributed by atoms with Crippen LogP contribution in [0.25, 0.3) is 0 Å². The lowest BCUT2D eigenvalue weighted by atomic mass is 10.0. The number of halogens is 1. The highest BCUT2D eigenvalue weighted by Gasteiger charge is 2.10. The van der Waals surface area contributed by atoms with Crippen molar-refractivity contribution in [1.29, 1.82) is 0 Å². The monoisotopic (exact) mass is 287 g/mol. The molecule has 0 saturated heterocycles. The quantitative estimate of drug-likeness (QED) is 0.855. The first kappa shape index (κ1) is 15.5. The lowest BCUT2D eigenvalue weighted by Gasteiger charge is -2.15. The van der Waals surface area contributed by atoms with E-state index in [2.05, 4.69) is 31.3 Å². The van der Waals surface area contributed by atoms with Crippen LogP contribution in [-0.4, -0.2) is 7.05 Å². The molecule has 1 N–H and O–H groups in total. The minimum Gasteiger partial charge on any atom is -0.457 e. The summed E-state index contributed by atoms with van der Waals surface area (Å²) in [6, 6.07) is 10.9. The summed E-state index contributed by atoms with van der Waals surface area (Å²) < 4.78 is 19.6. The first-order chi connectivity index (χ1) is 9.99. The van der Waals surface area contributed by atoms with E-state index in [9.17, 15) is 4.39 Å². The maximum absolute atomic E-state index is 13.7. The van der Waals surface area contributed by atoms with E-state index in [-0.39, 0.29) is 5.82 Å². The minimum absolute atomic E-state index is 0.281. The van der Waals surface area contributed by atoms with E-state index in [0.29, 0.717) is 18.2 Å². The van der Waals surface area contributed by atoms with E-state index in [1.54, 1.807) is 0 Å². The third-order valence-corrected chi connectivity index (χ3v) is 3.33. The molecule has 0 unspecified atom stereocenters. The Balaban J connectivity index is 2.35. The minimum atomic E-state index is -0.281. The van der Waals surface area contributed by atoms with Crippen molar-refractivity contribution in [3.05, 3.63) is 58.9 Å². The molecule has 0 heterocycles. The van der Waals surface area contributed by atoms with E-state index < -0.39 is 0 Å². The summed E-state index contributed by atoms with van der Waals surface area (Å²) in [5.41, 5.74) is 3.12. The molecule has 0 radical (unpaired) electrons. The number of benzene rings is 2. The van der Waals surface area contributed by atoms with Gasteiger partial charge in [0.2, 0.25) is 0 Å². The van der Waals surface area contributed by atoms with Crippen molar-refractivity contribution in [2.24, 2.45) is 0 Å². The first-order valence-corrected chi connectivity index (χ1v) is 7.22. The molecule has 2 rings (SSSR count). The Morgan fingerprint density at radius 2 is 1.90 bits per heavy atom. The van der Waals surface area contributed by atoms with Gasteiger partial charge < -0.3 is 10.1 Å². The molecule has 0 spiro atoms. The maximum atomic E-state index is 13.7. The van der Waals surface area contributed by atoms with Crippen LogP contribution in [-0.2, 0) is 6.54 Å². The summed E-state index contributed by atoms with van der Waals surface area (Å²) in [6.45, 7) is 6.87. The van der Waals surface area contributed by atoms with Crippen molar-refractivity contribution in [2.75, 3.05) is 7.05 Å². The van der Waals surface area contributed by atoms with Gasteiger partial charge in [-0.25, -0.2) is 4.39 Å². The van der Waals surface area contributed by atoms with Crippen molar-refractivity contribution in [2.45, 2.75) is 33.2 Å². The lowest BCUT2D eigenvalue weighted by Crippen LogP contribution is -2.05. The average Bonchev–Trinajstić information content (AvgIpc) is 2.38. The fourth-order valence-electron chi connectivity index (χ4n) is 2.32. The predicted molar refractivity (Wildman–Crippen MR) is 84.5 cm³/mol. The van der Waals surface area contributed by atoms with Crippen LogP contribution in [0.4, 0.5) is 4.39 Å². The Bertz CT molecular complexity index is 623. The molecule has 0 atom stereocenters. The molecule has 2 nitrogen and oxygen atoms in total. The van der Waals surface area contributed by atoms with Gasteiger partial charge in [-0.05, 0) is 54.8 Å². The summed E-state index contributed by atoms with van der Waals surface area (Å²) in [7, 11) is 1.84. The van der Waals surface area contributed by atoms with Gasteiger partial charge in [0.15, 0.2) is 0 Å². The zero-order valence-corrected chi connectivity index (χ0v) is 13.0. The summed E-state index contributed by atoms with van der Waals surface area (Å²) in [5.74, 6) is 1.40. The molecule has 0 aromatic heterocycles. The Morgan fingerprint density at radius 3 is 2.57 bits per heavy atom. The fraction of sp³-hybridized carbons (Fsp3) is 0.333. The predicted octanol–water partition coefficient (Wildman–Crippen LogP) is 4.77. The molecule has 21 heavy (non-hydrogen) atoms. The van der Waals surface area contributed by atoms with Crippen molar-refractivity contribution in [3.63, 3.8) is 0 Å². The first-order valence-electron chi connectivity index (χ1n) is 7.22. The summed E-state index contributed by atoms with van der Waals surface area (Å²) >= 11 is 0. The fourth-order valence-corrected chi connectivity index (χ4v) is 2.32. The lowest BCUT2D eigenvalue weighted by molar-refractivity contribution is 0.466. The Hall–Kier alpha value is -1.87. The molecule has 0 fully saturated rings. The van der Waals surface area contributed by atoms with Gasteiger partial charge >= 0.3 is 0 Å². The van der Waals surface area contributed by atoms with Gasteiger partial charge in [0.25, 0.3) is 0 Å². The van der Waals surface area contributed by atoms with Gasteiger partial charge in [0.1, 0.15) is 17.3 Å². The third kappa shape index (κ3) is 4.05. The zero-order valence-electron chi connectivity index (χ0n) is 13.0. The second-order valence-corrected chi connectivity index (χ2v) is 5.62. The van der Waals surface area contributed by atoms with Crippen LogP contribution in [0.1, 0.15) is 36.5 Å². The van der Waals surface area contributed by atoms with Crippen molar-refractivity contribution < 1.29 is 9.13 Å². The topological polar surface area (TPSA) is 21.3 Å². The molecule has 0 bridgehead atoms. The SMILES string of the molecule is CNCc1cc(F)cc(Oc2cc(C)ccc2C(C)C)c1. The van der Waals surface area contributed by atoms with Gasteiger partial charge in [-0.3, -0.25) is 0 Å². The molecular formula is C18H22FNO. The molecule has 0 saturated carbocycles. The molecule has 0 aliphatic carbocycles. The van der Waals surface area contributed by atoms with Crippen LogP contribution in [0, 0.1) is 12.7 Å². The van der Waals surface area contributed by atoms with E-state index in [0.717, 1.165) is 22.4 Å². The van der Waals surface area contributed by atoms with Gasteiger partial charge in [0, 0.05) is 12.6 Å². The highest BCUT2D eigenvalue weighted by Crippen LogP contribution is 2.32. The number of hydrogen-bond acceptors (Lipinski definition) is 2. The van der Waals surface area contributed by atoms with Crippen molar-refractivity contribution in [3.8, 4) is 11.5 Å². The van der Waals surface area contributed by atoms with E-state index >= 15 is 0 Å². The molecule has 2 aromatic rings. The van der Waals surface area contributed by atoms with E-state index in [4.69, 9.17) is 4.74 Å². The largest absolute Gasteiger partial charge is 0.457 e. The number of hydrogen-bond donors (Lipinski definition) is 1. The van der Waals surface area contributed by atoms with Crippen molar-refractivity contribution >= 4 is 0 Å². The third-order valence-electron chi connectivity index (χ3n) is 3.33. The molecule has 0 amide bonds.